The van der Waals surface area contributed by atoms with Crippen LogP contribution in [0.2, 0.25) is 0 Å². The molecule has 0 unspecified atom stereocenters. The molecule has 0 atom stereocenters. The first kappa shape index (κ1) is 16.2. The van der Waals surface area contributed by atoms with Crippen LogP contribution < -0.4 is 4.74 Å². The Morgan fingerprint density at radius 1 is 1.00 bits per heavy atom. The number of Topliss-reactive ketones (excluding diaryl/α,β-unsaturated/α-hetero) is 1. The summed E-state index contributed by atoms with van der Waals surface area (Å²) in [6, 6.07) is 7.17. The van der Waals surface area contributed by atoms with Gasteiger partial charge >= 0.3 is 5.97 Å². The van der Waals surface area contributed by atoms with Crippen molar-refractivity contribution in [3.05, 3.63) is 29.8 Å². The predicted octanol–water partition coefficient (Wildman–Crippen LogP) is 3.39. The van der Waals surface area contributed by atoms with E-state index in [0.29, 0.717) is 18.6 Å². The van der Waals surface area contributed by atoms with Crippen LogP contribution in [0.25, 0.3) is 0 Å². The minimum Gasteiger partial charge on any atom is -0.494 e. The van der Waals surface area contributed by atoms with E-state index in [2.05, 4.69) is 4.74 Å². The highest BCUT2D eigenvalue weighted by Gasteiger charge is 2.01. The molecule has 110 valence electrons. The van der Waals surface area contributed by atoms with Crippen LogP contribution in [0.3, 0.4) is 0 Å². The summed E-state index contributed by atoms with van der Waals surface area (Å²) >= 11 is 0. The second-order valence-corrected chi connectivity index (χ2v) is 4.67. The monoisotopic (exact) mass is 278 g/mol. The molecule has 4 nitrogen and oxygen atoms in total. The number of ether oxygens (including phenoxy) is 2. The second-order valence-electron chi connectivity index (χ2n) is 4.67. The van der Waals surface area contributed by atoms with E-state index in [0.717, 1.165) is 31.4 Å². The van der Waals surface area contributed by atoms with E-state index in [1.807, 2.05) is 12.1 Å². The molecule has 0 aliphatic carbocycles. The molecule has 4 heteroatoms. The van der Waals surface area contributed by atoms with E-state index >= 15 is 0 Å². The Morgan fingerprint density at radius 3 is 2.25 bits per heavy atom. The lowest BCUT2D eigenvalue weighted by atomic mass is 10.1. The zero-order valence-corrected chi connectivity index (χ0v) is 12.2. The van der Waals surface area contributed by atoms with Crippen LogP contribution in [-0.4, -0.2) is 25.5 Å². The van der Waals surface area contributed by atoms with Crippen molar-refractivity contribution in [2.75, 3.05) is 13.7 Å². The number of unbranched alkanes of at least 4 members (excludes halogenated alkanes) is 3. The first-order valence-corrected chi connectivity index (χ1v) is 6.94. The molecule has 0 heterocycles. The Bertz CT molecular complexity index is 423. The van der Waals surface area contributed by atoms with Crippen LogP contribution in [0, 0.1) is 0 Å². The third kappa shape index (κ3) is 6.36. The molecule has 1 aromatic carbocycles. The van der Waals surface area contributed by atoms with Gasteiger partial charge in [-0.05, 0) is 44.0 Å². The summed E-state index contributed by atoms with van der Waals surface area (Å²) in [5.74, 6) is 0.693. The fraction of sp³-hybridized carbons (Fsp3) is 0.500. The van der Waals surface area contributed by atoms with E-state index in [-0.39, 0.29) is 11.8 Å². The average molecular weight is 278 g/mol. The molecule has 1 rings (SSSR count). The molecule has 0 amide bonds. The first-order valence-electron chi connectivity index (χ1n) is 6.94. The molecule has 0 N–H and O–H groups in total. The highest BCUT2D eigenvalue weighted by atomic mass is 16.5. The molecule has 0 aliphatic heterocycles. The molecule has 1 aromatic rings. The Morgan fingerprint density at radius 2 is 1.65 bits per heavy atom. The summed E-state index contributed by atoms with van der Waals surface area (Å²) in [6.07, 6.45) is 4.34. The molecule has 0 bridgehead atoms. The molecular formula is C16H22O4. The minimum atomic E-state index is -0.146. The van der Waals surface area contributed by atoms with Gasteiger partial charge in [-0.3, -0.25) is 9.59 Å². The van der Waals surface area contributed by atoms with E-state index in [4.69, 9.17) is 4.74 Å². The Hall–Kier alpha value is -1.84. The lowest BCUT2D eigenvalue weighted by Gasteiger charge is -2.06. The highest BCUT2D eigenvalue weighted by molar-refractivity contribution is 5.94. The lowest BCUT2D eigenvalue weighted by molar-refractivity contribution is -0.140. The van der Waals surface area contributed by atoms with Gasteiger partial charge in [-0.25, -0.2) is 0 Å². The maximum Gasteiger partial charge on any atom is 0.305 e. The third-order valence-corrected chi connectivity index (χ3v) is 3.03. The molecule has 0 aromatic heterocycles. The van der Waals surface area contributed by atoms with Gasteiger partial charge in [-0.1, -0.05) is 12.8 Å². The number of benzene rings is 1. The van der Waals surface area contributed by atoms with Crippen LogP contribution in [0.1, 0.15) is 49.4 Å². The van der Waals surface area contributed by atoms with Crippen molar-refractivity contribution in [3.63, 3.8) is 0 Å². The molecule has 0 saturated carbocycles. The fourth-order valence-electron chi connectivity index (χ4n) is 1.80. The SMILES string of the molecule is COC(=O)CCCCCCOc1ccc(C(C)=O)cc1. The molecule has 0 fully saturated rings. The van der Waals surface area contributed by atoms with Crippen LogP contribution >= 0.6 is 0 Å². The summed E-state index contributed by atoms with van der Waals surface area (Å²) < 4.78 is 10.2. The smallest absolute Gasteiger partial charge is 0.305 e. The Labute approximate surface area is 120 Å². The van der Waals surface area contributed by atoms with Gasteiger partial charge in [0.25, 0.3) is 0 Å². The molecular weight excluding hydrogens is 256 g/mol. The number of methoxy groups -OCH3 is 1. The Balaban J connectivity index is 2.09. The van der Waals surface area contributed by atoms with Crippen molar-refractivity contribution in [2.45, 2.75) is 39.0 Å². The van der Waals surface area contributed by atoms with Crippen LogP contribution in [-0.2, 0) is 9.53 Å². The first-order chi connectivity index (χ1) is 9.63. The predicted molar refractivity (Wildman–Crippen MR) is 77.0 cm³/mol. The molecule has 20 heavy (non-hydrogen) atoms. The maximum atomic E-state index is 11.1. The van der Waals surface area contributed by atoms with Gasteiger partial charge in [0.15, 0.2) is 5.78 Å². The van der Waals surface area contributed by atoms with Crippen LogP contribution in [0.5, 0.6) is 5.75 Å². The van der Waals surface area contributed by atoms with Crippen LogP contribution in [0.4, 0.5) is 0 Å². The second kappa shape index (κ2) is 9.13. The highest BCUT2D eigenvalue weighted by Crippen LogP contribution is 2.13. The number of carbonyl (C=O) groups is 2. The molecule has 0 aliphatic rings. The number of ketones is 1. The number of hydrogen-bond acceptors (Lipinski definition) is 4. The van der Waals surface area contributed by atoms with Crippen molar-refractivity contribution in [1.82, 2.24) is 0 Å². The van der Waals surface area contributed by atoms with Crippen molar-refractivity contribution < 1.29 is 19.1 Å². The van der Waals surface area contributed by atoms with Crippen molar-refractivity contribution in [3.8, 4) is 5.75 Å². The molecule has 0 spiro atoms. The van der Waals surface area contributed by atoms with Gasteiger partial charge in [0, 0.05) is 12.0 Å². The van der Waals surface area contributed by atoms with Crippen molar-refractivity contribution in [1.29, 1.82) is 0 Å². The van der Waals surface area contributed by atoms with Gasteiger partial charge in [-0.15, -0.1) is 0 Å². The minimum absolute atomic E-state index is 0.0576. The zero-order chi connectivity index (χ0) is 14.8. The quantitative estimate of drug-likeness (QED) is 0.395. The summed E-state index contributed by atoms with van der Waals surface area (Å²) in [5.41, 5.74) is 0.695. The fourth-order valence-corrected chi connectivity index (χ4v) is 1.80. The standard InChI is InChI=1S/C16H22O4/c1-13(17)14-8-10-15(11-9-14)20-12-6-4-3-5-7-16(18)19-2/h8-11H,3-7,12H2,1-2H3. The van der Waals surface area contributed by atoms with Gasteiger partial charge in [0.2, 0.25) is 0 Å². The van der Waals surface area contributed by atoms with Gasteiger partial charge in [-0.2, -0.15) is 0 Å². The van der Waals surface area contributed by atoms with E-state index in [9.17, 15) is 9.59 Å². The van der Waals surface area contributed by atoms with Gasteiger partial charge in [0.05, 0.1) is 13.7 Å². The van der Waals surface area contributed by atoms with Crippen LogP contribution in [0.15, 0.2) is 24.3 Å². The van der Waals surface area contributed by atoms with E-state index in [1.54, 1.807) is 19.1 Å². The normalized spacial score (nSPS) is 10.1. The number of rotatable bonds is 9. The maximum absolute atomic E-state index is 11.1. The summed E-state index contributed by atoms with van der Waals surface area (Å²) in [7, 11) is 1.41. The largest absolute Gasteiger partial charge is 0.494 e. The molecule has 0 saturated heterocycles. The average Bonchev–Trinajstić information content (AvgIpc) is 2.46. The summed E-state index contributed by atoms with van der Waals surface area (Å²) in [6.45, 7) is 2.20. The number of hydrogen-bond donors (Lipinski definition) is 0. The number of carbonyl (C=O) groups excluding carboxylic acids is 2. The topological polar surface area (TPSA) is 52.6 Å². The van der Waals surface area contributed by atoms with E-state index in [1.165, 1.54) is 7.11 Å². The summed E-state index contributed by atoms with van der Waals surface area (Å²) in [5, 5.41) is 0. The molecule has 0 radical (unpaired) electrons. The summed E-state index contributed by atoms with van der Waals surface area (Å²) in [4.78, 5) is 22.0. The van der Waals surface area contributed by atoms with Crippen molar-refractivity contribution in [2.24, 2.45) is 0 Å². The Kier molecular flexibility index (Phi) is 7.40. The van der Waals surface area contributed by atoms with E-state index < -0.39 is 0 Å². The van der Waals surface area contributed by atoms with Gasteiger partial charge < -0.3 is 9.47 Å². The van der Waals surface area contributed by atoms with Crippen molar-refractivity contribution >= 4 is 11.8 Å². The van der Waals surface area contributed by atoms with Gasteiger partial charge in [0.1, 0.15) is 5.75 Å². The number of esters is 1. The zero-order valence-electron chi connectivity index (χ0n) is 12.2. The third-order valence-electron chi connectivity index (χ3n) is 3.03. The lowest BCUT2D eigenvalue weighted by Crippen LogP contribution is -2.00.